The lowest BCUT2D eigenvalue weighted by atomic mass is 9.76. The topological polar surface area (TPSA) is 50.2 Å². The van der Waals surface area contributed by atoms with E-state index in [-0.39, 0.29) is 0 Å². The van der Waals surface area contributed by atoms with Crippen LogP contribution >= 0.6 is 0 Å². The first kappa shape index (κ1) is 13.1. The molecule has 1 aliphatic carbocycles. The number of aromatic nitrogens is 1. The van der Waals surface area contributed by atoms with Crippen molar-refractivity contribution in [2.75, 3.05) is 0 Å². The summed E-state index contributed by atoms with van der Waals surface area (Å²) in [7, 11) is 0. The monoisotopic (exact) mass is 247 g/mol. The normalized spacial score (nSPS) is 19.2. The van der Waals surface area contributed by atoms with E-state index in [4.69, 9.17) is 0 Å². The van der Waals surface area contributed by atoms with Gasteiger partial charge in [0, 0.05) is 18.3 Å². The van der Waals surface area contributed by atoms with E-state index >= 15 is 0 Å². The molecule has 3 nitrogen and oxygen atoms in total. The molecule has 1 aliphatic rings. The summed E-state index contributed by atoms with van der Waals surface area (Å²) in [5.74, 6) is -0.644. The molecule has 0 aromatic carbocycles. The summed E-state index contributed by atoms with van der Waals surface area (Å²) in [6, 6.07) is 3.91. The molecule has 0 amide bonds. The number of carboxylic acid groups (broad SMARTS) is 1. The maximum Gasteiger partial charge on any atom is 0.310 e. The molecule has 1 saturated carbocycles. The quantitative estimate of drug-likeness (QED) is 0.833. The number of nitrogens with zero attached hydrogens (tertiary/aromatic N) is 1. The molecule has 0 bridgehead atoms. The largest absolute Gasteiger partial charge is 0.481 e. The molecular weight excluding hydrogens is 226 g/mol. The van der Waals surface area contributed by atoms with Gasteiger partial charge >= 0.3 is 5.97 Å². The van der Waals surface area contributed by atoms with Gasteiger partial charge in [0.15, 0.2) is 0 Å². The van der Waals surface area contributed by atoms with Gasteiger partial charge in [-0.25, -0.2) is 0 Å². The van der Waals surface area contributed by atoms with Crippen molar-refractivity contribution < 1.29 is 9.90 Å². The summed E-state index contributed by atoms with van der Waals surface area (Å²) in [4.78, 5) is 16.1. The lowest BCUT2D eigenvalue weighted by Gasteiger charge is -2.28. The van der Waals surface area contributed by atoms with Crippen LogP contribution in [0.1, 0.15) is 49.8 Å². The Bertz CT molecular complexity index is 420. The van der Waals surface area contributed by atoms with Gasteiger partial charge in [-0.3, -0.25) is 9.78 Å². The molecule has 0 spiro atoms. The van der Waals surface area contributed by atoms with E-state index in [1.807, 2.05) is 19.1 Å². The Morgan fingerprint density at radius 3 is 2.56 bits per heavy atom. The molecule has 1 aromatic heterocycles. The Morgan fingerprint density at radius 2 is 2.00 bits per heavy atom. The van der Waals surface area contributed by atoms with E-state index in [0.29, 0.717) is 6.42 Å². The van der Waals surface area contributed by atoms with Crippen LogP contribution in [0, 0.1) is 12.3 Å². The fourth-order valence-electron chi connectivity index (χ4n) is 2.90. The van der Waals surface area contributed by atoms with E-state index in [1.54, 1.807) is 6.20 Å². The van der Waals surface area contributed by atoms with E-state index < -0.39 is 11.4 Å². The van der Waals surface area contributed by atoms with E-state index in [1.165, 1.54) is 0 Å². The van der Waals surface area contributed by atoms with Crippen LogP contribution in [0.2, 0.25) is 0 Å². The van der Waals surface area contributed by atoms with Crippen LogP contribution in [0.3, 0.4) is 0 Å². The lowest BCUT2D eigenvalue weighted by Crippen LogP contribution is -2.33. The van der Waals surface area contributed by atoms with Gasteiger partial charge in [0.25, 0.3) is 0 Å². The Balaban J connectivity index is 2.25. The predicted octanol–water partition coefficient (Wildman–Crippen LogP) is 3.36. The zero-order valence-corrected chi connectivity index (χ0v) is 11.0. The second kappa shape index (κ2) is 5.51. The molecule has 98 valence electrons. The summed E-state index contributed by atoms with van der Waals surface area (Å²) < 4.78 is 0. The average molecular weight is 247 g/mol. The molecule has 0 saturated heterocycles. The molecule has 1 fully saturated rings. The molecular formula is C15H21NO2. The highest BCUT2D eigenvalue weighted by Crippen LogP contribution is 2.38. The summed E-state index contributed by atoms with van der Waals surface area (Å²) in [5.41, 5.74) is 1.46. The molecule has 2 rings (SSSR count). The van der Waals surface area contributed by atoms with Gasteiger partial charge in [-0.05, 0) is 31.4 Å². The van der Waals surface area contributed by atoms with Crippen molar-refractivity contribution in [3.63, 3.8) is 0 Å². The first-order chi connectivity index (χ1) is 8.64. The van der Waals surface area contributed by atoms with Crippen molar-refractivity contribution >= 4 is 5.97 Å². The minimum atomic E-state index is -0.644. The minimum Gasteiger partial charge on any atom is -0.481 e. The van der Waals surface area contributed by atoms with E-state index in [9.17, 15) is 9.90 Å². The molecule has 3 heteroatoms. The molecule has 1 N–H and O–H groups in total. The second-order valence-electron chi connectivity index (χ2n) is 5.44. The molecule has 18 heavy (non-hydrogen) atoms. The molecule has 0 unspecified atom stereocenters. The number of carbonyl (C=O) groups is 1. The summed E-state index contributed by atoms with van der Waals surface area (Å²) in [6.07, 6.45) is 8.29. The number of hydrogen-bond donors (Lipinski definition) is 1. The van der Waals surface area contributed by atoms with Crippen LogP contribution in [0.25, 0.3) is 0 Å². The van der Waals surface area contributed by atoms with Gasteiger partial charge in [0.2, 0.25) is 0 Å². The van der Waals surface area contributed by atoms with E-state index in [0.717, 1.165) is 49.8 Å². The zero-order valence-electron chi connectivity index (χ0n) is 11.0. The van der Waals surface area contributed by atoms with Crippen molar-refractivity contribution in [2.45, 2.75) is 51.9 Å². The van der Waals surface area contributed by atoms with Gasteiger partial charge in [0.05, 0.1) is 5.41 Å². The van der Waals surface area contributed by atoms with Crippen LogP contribution in [0.5, 0.6) is 0 Å². The first-order valence-electron chi connectivity index (χ1n) is 6.78. The number of aryl methyl sites for hydroxylation is 1. The highest BCUT2D eigenvalue weighted by molar-refractivity contribution is 5.75. The molecule has 1 aromatic rings. The molecule has 1 heterocycles. The number of pyridine rings is 1. The van der Waals surface area contributed by atoms with Crippen LogP contribution in [0.4, 0.5) is 0 Å². The van der Waals surface area contributed by atoms with Crippen LogP contribution in [-0.2, 0) is 11.2 Å². The minimum absolute atomic E-state index is 0.578. The van der Waals surface area contributed by atoms with Gasteiger partial charge < -0.3 is 5.11 Å². The Kier molecular flexibility index (Phi) is 4.00. The summed E-state index contributed by atoms with van der Waals surface area (Å²) >= 11 is 0. The van der Waals surface area contributed by atoms with Gasteiger partial charge in [0.1, 0.15) is 0 Å². The maximum absolute atomic E-state index is 11.7. The number of aliphatic carboxylic acids is 1. The van der Waals surface area contributed by atoms with Gasteiger partial charge in [-0.2, -0.15) is 0 Å². The third-order valence-corrected chi connectivity index (χ3v) is 4.14. The number of rotatable bonds is 3. The fraction of sp³-hybridized carbons (Fsp3) is 0.600. The third kappa shape index (κ3) is 2.71. The van der Waals surface area contributed by atoms with E-state index in [2.05, 4.69) is 4.98 Å². The third-order valence-electron chi connectivity index (χ3n) is 4.14. The Labute approximate surface area is 108 Å². The first-order valence-corrected chi connectivity index (χ1v) is 6.78. The standard InChI is InChI=1S/C15H21NO2/c1-12-7-6-10-16-13(12)11-15(14(17)18)8-4-2-3-5-9-15/h6-7,10H,2-5,8-9,11H2,1H3,(H,17,18). The van der Waals surface area contributed by atoms with Gasteiger partial charge in [-0.15, -0.1) is 0 Å². The fourth-order valence-corrected chi connectivity index (χ4v) is 2.90. The highest BCUT2D eigenvalue weighted by atomic mass is 16.4. The maximum atomic E-state index is 11.7. The van der Waals surface area contributed by atoms with Gasteiger partial charge in [-0.1, -0.05) is 31.7 Å². The predicted molar refractivity (Wildman–Crippen MR) is 70.4 cm³/mol. The van der Waals surface area contributed by atoms with Crippen LogP contribution in [-0.4, -0.2) is 16.1 Å². The number of carboxylic acids is 1. The molecule has 0 radical (unpaired) electrons. The summed E-state index contributed by atoms with van der Waals surface area (Å²) in [5, 5.41) is 9.64. The van der Waals surface area contributed by atoms with Crippen molar-refractivity contribution in [1.82, 2.24) is 4.98 Å². The Morgan fingerprint density at radius 1 is 1.33 bits per heavy atom. The highest BCUT2D eigenvalue weighted by Gasteiger charge is 2.39. The SMILES string of the molecule is Cc1cccnc1CC1(C(=O)O)CCCCCC1. The molecule has 0 atom stereocenters. The van der Waals surface area contributed by atoms with Crippen molar-refractivity contribution in [3.8, 4) is 0 Å². The average Bonchev–Trinajstić information content (AvgIpc) is 2.59. The Hall–Kier alpha value is -1.38. The lowest BCUT2D eigenvalue weighted by molar-refractivity contribution is -0.149. The van der Waals surface area contributed by atoms with Crippen molar-refractivity contribution in [2.24, 2.45) is 5.41 Å². The van der Waals surface area contributed by atoms with Crippen LogP contribution in [0.15, 0.2) is 18.3 Å². The molecule has 0 aliphatic heterocycles. The smallest absolute Gasteiger partial charge is 0.310 e. The number of hydrogen-bond acceptors (Lipinski definition) is 2. The van der Waals surface area contributed by atoms with Crippen LogP contribution < -0.4 is 0 Å². The van der Waals surface area contributed by atoms with Crippen molar-refractivity contribution in [3.05, 3.63) is 29.6 Å². The van der Waals surface area contributed by atoms with Crippen molar-refractivity contribution in [1.29, 1.82) is 0 Å². The summed E-state index contributed by atoms with van der Waals surface area (Å²) in [6.45, 7) is 2.01. The zero-order chi connectivity index (χ0) is 13.0. The second-order valence-corrected chi connectivity index (χ2v) is 5.44.